The van der Waals surface area contributed by atoms with Gasteiger partial charge in [0.15, 0.2) is 0 Å². The molecule has 0 aromatic heterocycles. The van der Waals surface area contributed by atoms with E-state index >= 15 is 0 Å². The van der Waals surface area contributed by atoms with Gasteiger partial charge >= 0.3 is 0 Å². The molecule has 0 bridgehead atoms. The van der Waals surface area contributed by atoms with Gasteiger partial charge in [-0.15, -0.1) is 0 Å². The van der Waals surface area contributed by atoms with E-state index in [2.05, 4.69) is 24.2 Å². The van der Waals surface area contributed by atoms with Gasteiger partial charge in [-0.1, -0.05) is 6.92 Å². The molecule has 0 aromatic rings. The Bertz CT molecular complexity index is 212. The van der Waals surface area contributed by atoms with E-state index in [4.69, 9.17) is 4.74 Å². The molecular formula is C13H28N2O2. The SMILES string of the molecule is CC(C)OCC(O)CNC1CCN(C)CC1C. The van der Waals surface area contributed by atoms with Crippen LogP contribution in [0.3, 0.4) is 0 Å². The summed E-state index contributed by atoms with van der Waals surface area (Å²) in [6, 6.07) is 0.528. The first-order chi connectivity index (χ1) is 7.99. The molecule has 1 rings (SSSR count). The van der Waals surface area contributed by atoms with Crippen LogP contribution in [0.15, 0.2) is 0 Å². The maximum absolute atomic E-state index is 9.77. The van der Waals surface area contributed by atoms with Crippen LogP contribution in [-0.2, 0) is 4.74 Å². The van der Waals surface area contributed by atoms with Crippen LogP contribution in [0.2, 0.25) is 0 Å². The summed E-state index contributed by atoms with van der Waals surface area (Å²) in [5.74, 6) is 0.645. The van der Waals surface area contributed by atoms with Gasteiger partial charge in [-0.2, -0.15) is 0 Å². The lowest BCUT2D eigenvalue weighted by Gasteiger charge is -2.35. The van der Waals surface area contributed by atoms with Crippen molar-refractivity contribution in [3.8, 4) is 0 Å². The van der Waals surface area contributed by atoms with Crippen LogP contribution in [0, 0.1) is 5.92 Å². The lowest BCUT2D eigenvalue weighted by molar-refractivity contribution is 0.00371. The molecule has 1 fully saturated rings. The fourth-order valence-electron chi connectivity index (χ4n) is 2.31. The number of aliphatic hydroxyl groups is 1. The van der Waals surface area contributed by atoms with Crippen molar-refractivity contribution >= 4 is 0 Å². The Morgan fingerprint density at radius 3 is 2.76 bits per heavy atom. The largest absolute Gasteiger partial charge is 0.389 e. The van der Waals surface area contributed by atoms with Crippen molar-refractivity contribution in [3.05, 3.63) is 0 Å². The highest BCUT2D eigenvalue weighted by atomic mass is 16.5. The molecule has 2 N–H and O–H groups in total. The molecule has 102 valence electrons. The van der Waals surface area contributed by atoms with Gasteiger partial charge < -0.3 is 20.1 Å². The number of rotatable bonds is 6. The summed E-state index contributed by atoms with van der Waals surface area (Å²) in [5, 5.41) is 13.2. The van der Waals surface area contributed by atoms with Gasteiger partial charge in [0.1, 0.15) is 0 Å². The average Bonchev–Trinajstić information content (AvgIpc) is 2.25. The molecule has 17 heavy (non-hydrogen) atoms. The Morgan fingerprint density at radius 1 is 1.47 bits per heavy atom. The second kappa shape index (κ2) is 7.31. The van der Waals surface area contributed by atoms with Crippen molar-refractivity contribution in [1.29, 1.82) is 0 Å². The predicted molar refractivity (Wildman–Crippen MR) is 70.2 cm³/mol. The number of likely N-dealkylation sites (tertiary alicyclic amines) is 1. The van der Waals surface area contributed by atoms with Crippen LogP contribution in [0.4, 0.5) is 0 Å². The first-order valence-electron chi connectivity index (χ1n) is 6.70. The topological polar surface area (TPSA) is 44.7 Å². The smallest absolute Gasteiger partial charge is 0.0897 e. The van der Waals surface area contributed by atoms with E-state index in [0.29, 0.717) is 25.1 Å². The second-order valence-electron chi connectivity index (χ2n) is 5.58. The quantitative estimate of drug-likeness (QED) is 0.722. The monoisotopic (exact) mass is 244 g/mol. The zero-order valence-corrected chi connectivity index (χ0v) is 11.6. The second-order valence-corrected chi connectivity index (χ2v) is 5.58. The van der Waals surface area contributed by atoms with E-state index in [-0.39, 0.29) is 6.10 Å². The minimum absolute atomic E-state index is 0.187. The molecular weight excluding hydrogens is 216 g/mol. The molecule has 4 heteroatoms. The van der Waals surface area contributed by atoms with Crippen LogP contribution < -0.4 is 5.32 Å². The Labute approximate surface area is 105 Å². The normalized spacial score (nSPS) is 28.6. The Balaban J connectivity index is 2.16. The third-order valence-corrected chi connectivity index (χ3v) is 3.35. The summed E-state index contributed by atoms with van der Waals surface area (Å²) in [5.41, 5.74) is 0. The molecule has 0 saturated carbocycles. The molecule has 1 aliphatic rings. The minimum atomic E-state index is -0.399. The lowest BCUT2D eigenvalue weighted by atomic mass is 9.94. The summed E-state index contributed by atoms with van der Waals surface area (Å²) in [6.07, 6.45) is 0.950. The van der Waals surface area contributed by atoms with Crippen LogP contribution in [0.25, 0.3) is 0 Å². The average molecular weight is 244 g/mol. The molecule has 0 spiro atoms. The van der Waals surface area contributed by atoms with Crippen LogP contribution in [0.5, 0.6) is 0 Å². The number of aliphatic hydroxyl groups excluding tert-OH is 1. The number of nitrogens with one attached hydrogen (secondary N) is 1. The van der Waals surface area contributed by atoms with Crippen molar-refractivity contribution in [2.75, 3.05) is 33.3 Å². The number of nitrogens with zero attached hydrogens (tertiary/aromatic N) is 1. The molecule has 4 nitrogen and oxygen atoms in total. The van der Waals surface area contributed by atoms with Gasteiger partial charge in [-0.3, -0.25) is 0 Å². The minimum Gasteiger partial charge on any atom is -0.389 e. The zero-order valence-electron chi connectivity index (χ0n) is 11.6. The molecule has 0 aromatic carbocycles. The summed E-state index contributed by atoms with van der Waals surface area (Å²) >= 11 is 0. The molecule has 1 aliphatic heterocycles. The standard InChI is InChI=1S/C13H28N2O2/c1-10(2)17-9-12(16)7-14-13-5-6-15(4)8-11(13)3/h10-14,16H,5-9H2,1-4H3. The number of piperidine rings is 1. The van der Waals surface area contributed by atoms with Crippen molar-refractivity contribution in [2.24, 2.45) is 5.92 Å². The van der Waals surface area contributed by atoms with Crippen molar-refractivity contribution < 1.29 is 9.84 Å². The summed E-state index contributed by atoms with van der Waals surface area (Å²) in [6.45, 7) is 9.57. The fraction of sp³-hybridized carbons (Fsp3) is 1.00. The third kappa shape index (κ3) is 5.82. The predicted octanol–water partition coefficient (Wildman–Crippen LogP) is 0.702. The fourth-order valence-corrected chi connectivity index (χ4v) is 2.31. The van der Waals surface area contributed by atoms with E-state index in [9.17, 15) is 5.11 Å². The molecule has 0 aliphatic carbocycles. The summed E-state index contributed by atoms with van der Waals surface area (Å²) in [4.78, 5) is 2.36. The molecule has 1 heterocycles. The van der Waals surface area contributed by atoms with Gasteiger partial charge in [0, 0.05) is 19.1 Å². The van der Waals surface area contributed by atoms with Crippen molar-refractivity contribution in [2.45, 2.75) is 45.4 Å². The van der Waals surface area contributed by atoms with E-state index in [0.717, 1.165) is 19.5 Å². The highest BCUT2D eigenvalue weighted by Gasteiger charge is 2.24. The van der Waals surface area contributed by atoms with Crippen molar-refractivity contribution in [1.82, 2.24) is 10.2 Å². The van der Waals surface area contributed by atoms with Crippen molar-refractivity contribution in [3.63, 3.8) is 0 Å². The molecule has 0 amide bonds. The highest BCUT2D eigenvalue weighted by molar-refractivity contribution is 4.82. The first-order valence-corrected chi connectivity index (χ1v) is 6.70. The lowest BCUT2D eigenvalue weighted by Crippen LogP contribution is -2.49. The van der Waals surface area contributed by atoms with E-state index in [1.807, 2.05) is 13.8 Å². The molecule has 1 saturated heterocycles. The van der Waals surface area contributed by atoms with Gasteiger partial charge in [0.2, 0.25) is 0 Å². The zero-order chi connectivity index (χ0) is 12.8. The number of hydrogen-bond donors (Lipinski definition) is 2. The molecule has 3 unspecified atom stereocenters. The molecule has 3 atom stereocenters. The maximum atomic E-state index is 9.77. The number of hydrogen-bond acceptors (Lipinski definition) is 4. The maximum Gasteiger partial charge on any atom is 0.0897 e. The van der Waals surface area contributed by atoms with E-state index in [1.165, 1.54) is 0 Å². The van der Waals surface area contributed by atoms with Gasteiger partial charge in [-0.05, 0) is 39.8 Å². The summed E-state index contributed by atoms with van der Waals surface area (Å²) in [7, 11) is 2.16. The van der Waals surface area contributed by atoms with Crippen LogP contribution in [-0.4, -0.2) is 61.5 Å². The first kappa shape index (κ1) is 14.9. The Kier molecular flexibility index (Phi) is 6.41. The van der Waals surface area contributed by atoms with E-state index in [1.54, 1.807) is 0 Å². The van der Waals surface area contributed by atoms with Gasteiger partial charge in [-0.25, -0.2) is 0 Å². The van der Waals surface area contributed by atoms with Gasteiger partial charge in [0.25, 0.3) is 0 Å². The van der Waals surface area contributed by atoms with Gasteiger partial charge in [0.05, 0.1) is 18.8 Å². The summed E-state index contributed by atoms with van der Waals surface area (Å²) < 4.78 is 5.39. The van der Waals surface area contributed by atoms with E-state index < -0.39 is 6.10 Å². The Morgan fingerprint density at radius 2 is 2.18 bits per heavy atom. The Hall–Kier alpha value is -0.160. The van der Waals surface area contributed by atoms with Crippen LogP contribution >= 0.6 is 0 Å². The number of ether oxygens (including phenoxy) is 1. The highest BCUT2D eigenvalue weighted by Crippen LogP contribution is 2.15. The van der Waals surface area contributed by atoms with Crippen LogP contribution in [0.1, 0.15) is 27.2 Å². The third-order valence-electron chi connectivity index (χ3n) is 3.35. The molecule has 0 radical (unpaired) electrons.